The number of hydroxylamine groups is 1. The SMILES string of the molecule is CC(C)c1ccc(C2Nc3ccc(C(=O)NO)cc3S2)cc1. The predicted octanol–water partition coefficient (Wildman–Crippen LogP) is 4.15. The number of fused-ring (bicyclic) bond motifs is 1. The van der Waals surface area contributed by atoms with Gasteiger partial charge in [-0.3, -0.25) is 10.0 Å². The third kappa shape index (κ3) is 2.82. The molecule has 22 heavy (non-hydrogen) atoms. The van der Waals surface area contributed by atoms with Gasteiger partial charge in [0.05, 0.1) is 0 Å². The Balaban J connectivity index is 1.80. The van der Waals surface area contributed by atoms with E-state index in [4.69, 9.17) is 5.21 Å². The number of anilines is 1. The van der Waals surface area contributed by atoms with Gasteiger partial charge >= 0.3 is 0 Å². The first-order valence-electron chi connectivity index (χ1n) is 7.20. The molecule has 1 amide bonds. The monoisotopic (exact) mass is 314 g/mol. The number of nitrogens with one attached hydrogen (secondary N) is 2. The van der Waals surface area contributed by atoms with E-state index in [0.29, 0.717) is 11.5 Å². The van der Waals surface area contributed by atoms with E-state index >= 15 is 0 Å². The highest BCUT2D eigenvalue weighted by Gasteiger charge is 2.23. The average molecular weight is 314 g/mol. The summed E-state index contributed by atoms with van der Waals surface area (Å²) >= 11 is 1.67. The summed E-state index contributed by atoms with van der Waals surface area (Å²) in [5.41, 5.74) is 5.66. The van der Waals surface area contributed by atoms with Gasteiger partial charge in [0.25, 0.3) is 5.91 Å². The van der Waals surface area contributed by atoms with Crippen molar-refractivity contribution in [3.05, 3.63) is 59.2 Å². The number of thioether (sulfide) groups is 1. The minimum atomic E-state index is -0.492. The molecule has 0 bridgehead atoms. The molecule has 1 aliphatic rings. The normalized spacial score (nSPS) is 16.3. The predicted molar refractivity (Wildman–Crippen MR) is 88.4 cm³/mol. The Morgan fingerprint density at radius 1 is 1.23 bits per heavy atom. The van der Waals surface area contributed by atoms with Gasteiger partial charge in [-0.05, 0) is 35.2 Å². The fourth-order valence-corrected chi connectivity index (χ4v) is 3.63. The average Bonchev–Trinajstić information content (AvgIpc) is 2.97. The number of carbonyl (C=O) groups is 1. The maximum Gasteiger partial charge on any atom is 0.274 e. The summed E-state index contributed by atoms with van der Waals surface area (Å²) in [6, 6.07) is 14.0. The maximum atomic E-state index is 11.5. The van der Waals surface area contributed by atoms with Crippen LogP contribution in [0.2, 0.25) is 0 Å². The van der Waals surface area contributed by atoms with Crippen molar-refractivity contribution in [2.45, 2.75) is 30.0 Å². The molecule has 0 aliphatic carbocycles. The third-order valence-electron chi connectivity index (χ3n) is 3.78. The smallest absolute Gasteiger partial charge is 0.274 e. The van der Waals surface area contributed by atoms with Crippen LogP contribution < -0.4 is 10.8 Å². The van der Waals surface area contributed by atoms with Crippen LogP contribution in [-0.2, 0) is 0 Å². The van der Waals surface area contributed by atoms with Crippen LogP contribution >= 0.6 is 11.8 Å². The molecule has 0 fully saturated rings. The molecule has 0 saturated carbocycles. The van der Waals surface area contributed by atoms with Crippen LogP contribution in [-0.4, -0.2) is 11.1 Å². The van der Waals surface area contributed by atoms with E-state index < -0.39 is 5.91 Å². The highest BCUT2D eigenvalue weighted by atomic mass is 32.2. The molecule has 114 valence electrons. The summed E-state index contributed by atoms with van der Waals surface area (Å²) in [4.78, 5) is 12.5. The lowest BCUT2D eigenvalue weighted by Gasteiger charge is -2.12. The summed E-state index contributed by atoms with van der Waals surface area (Å²) in [6.07, 6.45) is 0. The molecule has 0 aromatic heterocycles. The van der Waals surface area contributed by atoms with Gasteiger partial charge in [-0.2, -0.15) is 0 Å². The number of rotatable bonds is 3. The lowest BCUT2D eigenvalue weighted by Crippen LogP contribution is -2.18. The highest BCUT2D eigenvalue weighted by molar-refractivity contribution is 8.00. The van der Waals surface area contributed by atoms with Crippen molar-refractivity contribution in [3.63, 3.8) is 0 Å². The van der Waals surface area contributed by atoms with Crippen LogP contribution in [0.15, 0.2) is 47.4 Å². The first kappa shape index (κ1) is 14.9. The molecule has 4 nitrogen and oxygen atoms in total. The van der Waals surface area contributed by atoms with E-state index in [0.717, 1.165) is 10.6 Å². The number of hydrogen-bond donors (Lipinski definition) is 3. The van der Waals surface area contributed by atoms with Crippen molar-refractivity contribution in [2.24, 2.45) is 0 Å². The van der Waals surface area contributed by atoms with E-state index in [9.17, 15) is 4.79 Å². The van der Waals surface area contributed by atoms with E-state index in [2.05, 4.69) is 43.4 Å². The Morgan fingerprint density at radius 2 is 1.95 bits per heavy atom. The standard InChI is InChI=1S/C17H18N2O2S/c1-10(2)11-3-5-12(6-4-11)17-18-14-8-7-13(16(20)19-21)9-15(14)22-17/h3-10,17-18,21H,1-2H3,(H,19,20). The van der Waals surface area contributed by atoms with E-state index in [1.165, 1.54) is 11.1 Å². The lowest BCUT2D eigenvalue weighted by molar-refractivity contribution is 0.0706. The second kappa shape index (κ2) is 6.02. The molecule has 1 aliphatic heterocycles. The fourth-order valence-electron chi connectivity index (χ4n) is 2.45. The van der Waals surface area contributed by atoms with Crippen LogP contribution in [0.5, 0.6) is 0 Å². The van der Waals surface area contributed by atoms with Crippen LogP contribution in [0.3, 0.4) is 0 Å². The molecule has 0 saturated heterocycles. The first-order valence-corrected chi connectivity index (χ1v) is 8.08. The molecule has 1 heterocycles. The van der Waals surface area contributed by atoms with Gasteiger partial charge in [-0.15, -0.1) is 0 Å². The van der Waals surface area contributed by atoms with Crippen molar-refractivity contribution >= 4 is 23.4 Å². The summed E-state index contributed by atoms with van der Waals surface area (Å²) < 4.78 is 0. The van der Waals surface area contributed by atoms with Crippen LogP contribution in [0, 0.1) is 0 Å². The summed E-state index contributed by atoms with van der Waals surface area (Å²) in [5.74, 6) is 0.0307. The first-order chi connectivity index (χ1) is 10.6. The molecule has 3 N–H and O–H groups in total. The molecule has 3 rings (SSSR count). The molecule has 2 aromatic rings. The van der Waals surface area contributed by atoms with Crippen molar-refractivity contribution in [2.75, 3.05) is 5.32 Å². The second-order valence-electron chi connectivity index (χ2n) is 5.62. The Bertz CT molecular complexity index is 698. The number of benzene rings is 2. The molecular formula is C17H18N2O2S. The fraction of sp³-hybridized carbons (Fsp3) is 0.235. The Labute approximate surface area is 133 Å². The zero-order valence-corrected chi connectivity index (χ0v) is 13.3. The zero-order valence-electron chi connectivity index (χ0n) is 12.5. The Morgan fingerprint density at radius 3 is 2.59 bits per heavy atom. The molecule has 0 radical (unpaired) electrons. The van der Waals surface area contributed by atoms with Crippen molar-refractivity contribution < 1.29 is 10.0 Å². The second-order valence-corrected chi connectivity index (χ2v) is 6.76. The molecular weight excluding hydrogens is 296 g/mol. The van der Waals surface area contributed by atoms with Gasteiger partial charge in [-0.1, -0.05) is 49.9 Å². The van der Waals surface area contributed by atoms with Gasteiger partial charge in [0, 0.05) is 16.1 Å². The van der Waals surface area contributed by atoms with Crippen LogP contribution in [0.4, 0.5) is 5.69 Å². The molecule has 1 unspecified atom stereocenters. The number of hydrogen-bond acceptors (Lipinski definition) is 4. The van der Waals surface area contributed by atoms with Crippen LogP contribution in [0.25, 0.3) is 0 Å². The van der Waals surface area contributed by atoms with Crippen molar-refractivity contribution in [1.29, 1.82) is 0 Å². The summed E-state index contributed by atoms with van der Waals surface area (Å²) in [5, 5.41) is 12.3. The van der Waals surface area contributed by atoms with E-state index in [1.54, 1.807) is 29.4 Å². The molecule has 5 heteroatoms. The van der Waals surface area contributed by atoms with Gasteiger partial charge in [0.2, 0.25) is 0 Å². The van der Waals surface area contributed by atoms with Gasteiger partial charge in [0.15, 0.2) is 0 Å². The number of carbonyl (C=O) groups excluding carboxylic acids is 1. The number of amides is 1. The third-order valence-corrected chi connectivity index (χ3v) is 5.00. The molecule has 0 spiro atoms. The minimum Gasteiger partial charge on any atom is -0.368 e. The Hall–Kier alpha value is -1.98. The quantitative estimate of drug-likeness (QED) is 0.588. The molecule has 1 atom stereocenters. The van der Waals surface area contributed by atoms with Crippen LogP contribution in [0.1, 0.15) is 46.6 Å². The van der Waals surface area contributed by atoms with Crippen molar-refractivity contribution in [1.82, 2.24) is 5.48 Å². The largest absolute Gasteiger partial charge is 0.368 e. The topological polar surface area (TPSA) is 61.4 Å². The molecule has 2 aromatic carbocycles. The van der Waals surface area contributed by atoms with E-state index in [1.807, 2.05) is 6.07 Å². The van der Waals surface area contributed by atoms with Gasteiger partial charge in [-0.25, -0.2) is 5.48 Å². The summed E-state index contributed by atoms with van der Waals surface area (Å²) in [7, 11) is 0. The van der Waals surface area contributed by atoms with E-state index in [-0.39, 0.29) is 5.37 Å². The van der Waals surface area contributed by atoms with Crippen molar-refractivity contribution in [3.8, 4) is 0 Å². The van der Waals surface area contributed by atoms with Gasteiger partial charge < -0.3 is 5.32 Å². The maximum absolute atomic E-state index is 11.5. The lowest BCUT2D eigenvalue weighted by atomic mass is 10.0. The minimum absolute atomic E-state index is 0.142. The zero-order chi connectivity index (χ0) is 15.7. The van der Waals surface area contributed by atoms with Gasteiger partial charge in [0.1, 0.15) is 5.37 Å². The Kier molecular flexibility index (Phi) is 4.09. The summed E-state index contributed by atoms with van der Waals surface area (Å²) in [6.45, 7) is 4.36. The highest BCUT2D eigenvalue weighted by Crippen LogP contribution is 2.46.